The third kappa shape index (κ3) is 1.99. The molecule has 1 aliphatic rings. The zero-order chi connectivity index (χ0) is 11.7. The first-order chi connectivity index (χ1) is 8.28. The summed E-state index contributed by atoms with van der Waals surface area (Å²) in [5.74, 6) is 0.863. The molecule has 17 heavy (non-hydrogen) atoms. The molecule has 0 amide bonds. The molecule has 2 aromatic rings. The third-order valence-electron chi connectivity index (χ3n) is 2.93. The van der Waals surface area contributed by atoms with Gasteiger partial charge in [0.15, 0.2) is 5.60 Å². The molecule has 2 N–H and O–H groups in total. The third-order valence-corrected chi connectivity index (χ3v) is 3.79. The number of hydrogen-bond acceptors (Lipinski definition) is 6. The number of nitrogens with zero attached hydrogens (tertiary/aromatic N) is 2. The Hall–Kier alpha value is -1.24. The number of aliphatic hydroxyl groups is 1. The van der Waals surface area contributed by atoms with Gasteiger partial charge in [0.1, 0.15) is 0 Å². The van der Waals surface area contributed by atoms with E-state index in [0.29, 0.717) is 24.7 Å². The number of rotatable bonds is 2. The Kier molecular flexibility index (Phi) is 2.70. The summed E-state index contributed by atoms with van der Waals surface area (Å²) >= 11 is 1.55. The molecule has 1 aliphatic heterocycles. The Morgan fingerprint density at radius 2 is 2.47 bits per heavy atom. The van der Waals surface area contributed by atoms with Gasteiger partial charge in [0.25, 0.3) is 5.89 Å². The summed E-state index contributed by atoms with van der Waals surface area (Å²) in [5, 5.41) is 19.4. The summed E-state index contributed by atoms with van der Waals surface area (Å²) < 4.78 is 5.19. The van der Waals surface area contributed by atoms with Crippen molar-refractivity contribution >= 4 is 11.3 Å². The van der Waals surface area contributed by atoms with Crippen molar-refractivity contribution in [2.45, 2.75) is 18.4 Å². The largest absolute Gasteiger partial charge is 0.379 e. The van der Waals surface area contributed by atoms with E-state index in [9.17, 15) is 5.11 Å². The van der Waals surface area contributed by atoms with Gasteiger partial charge >= 0.3 is 0 Å². The van der Waals surface area contributed by atoms with Crippen LogP contribution >= 0.6 is 11.3 Å². The lowest BCUT2D eigenvalue weighted by Gasteiger charge is -2.28. The second kappa shape index (κ2) is 4.21. The van der Waals surface area contributed by atoms with Crippen molar-refractivity contribution in [2.75, 3.05) is 13.1 Å². The standard InChI is InChI=1S/C11H13N3O2S/c15-11(4-2-5-12-7-11)10-13-9(14-16-10)8-3-1-6-17-8/h1,3,6,12,15H,2,4-5,7H2. The molecule has 0 spiro atoms. The number of nitrogens with one attached hydrogen (secondary N) is 1. The van der Waals surface area contributed by atoms with Crippen LogP contribution in [0.3, 0.4) is 0 Å². The van der Waals surface area contributed by atoms with E-state index in [1.54, 1.807) is 11.3 Å². The van der Waals surface area contributed by atoms with Crippen molar-refractivity contribution in [3.63, 3.8) is 0 Å². The molecule has 1 unspecified atom stereocenters. The van der Waals surface area contributed by atoms with Gasteiger partial charge in [-0.3, -0.25) is 0 Å². The van der Waals surface area contributed by atoms with Crippen molar-refractivity contribution in [1.82, 2.24) is 15.5 Å². The fraction of sp³-hybridized carbons (Fsp3) is 0.455. The Morgan fingerprint density at radius 1 is 1.53 bits per heavy atom. The molecule has 6 heteroatoms. The Bertz CT molecular complexity index is 489. The van der Waals surface area contributed by atoms with Gasteiger partial charge in [-0.25, -0.2) is 0 Å². The highest BCUT2D eigenvalue weighted by molar-refractivity contribution is 7.13. The van der Waals surface area contributed by atoms with Crippen molar-refractivity contribution < 1.29 is 9.63 Å². The number of hydrogen-bond donors (Lipinski definition) is 2. The average molecular weight is 251 g/mol. The zero-order valence-corrected chi connectivity index (χ0v) is 10.0. The van der Waals surface area contributed by atoms with Crippen molar-refractivity contribution in [1.29, 1.82) is 0 Å². The highest BCUT2D eigenvalue weighted by Crippen LogP contribution is 2.29. The molecule has 3 rings (SSSR count). The van der Waals surface area contributed by atoms with Crippen molar-refractivity contribution in [2.24, 2.45) is 0 Å². The molecule has 1 atom stereocenters. The summed E-state index contributed by atoms with van der Waals surface area (Å²) in [6.45, 7) is 1.40. The SMILES string of the molecule is OC1(c2nc(-c3cccs3)no2)CCCNC1. The molecule has 2 aromatic heterocycles. The van der Waals surface area contributed by atoms with E-state index in [0.717, 1.165) is 17.8 Å². The fourth-order valence-corrected chi connectivity index (χ4v) is 2.64. The second-order valence-corrected chi connectivity index (χ2v) is 5.16. The predicted molar refractivity (Wildman–Crippen MR) is 63.6 cm³/mol. The van der Waals surface area contributed by atoms with Crippen LogP contribution in [-0.2, 0) is 5.60 Å². The van der Waals surface area contributed by atoms with Crippen LogP contribution in [0.1, 0.15) is 18.7 Å². The Balaban J connectivity index is 1.89. The van der Waals surface area contributed by atoms with Crippen LogP contribution in [0.5, 0.6) is 0 Å². The molecular formula is C11H13N3O2S. The molecule has 0 aliphatic carbocycles. The van der Waals surface area contributed by atoms with E-state index >= 15 is 0 Å². The summed E-state index contributed by atoms with van der Waals surface area (Å²) in [6, 6.07) is 3.87. The van der Waals surface area contributed by atoms with Gasteiger partial charge in [-0.2, -0.15) is 4.98 Å². The topological polar surface area (TPSA) is 71.2 Å². The monoisotopic (exact) mass is 251 g/mol. The first kappa shape index (κ1) is 10.9. The first-order valence-corrected chi connectivity index (χ1v) is 6.47. The maximum atomic E-state index is 10.4. The quantitative estimate of drug-likeness (QED) is 0.843. The van der Waals surface area contributed by atoms with Crippen LogP contribution < -0.4 is 5.32 Å². The van der Waals surface area contributed by atoms with E-state index in [2.05, 4.69) is 15.5 Å². The van der Waals surface area contributed by atoms with Gasteiger partial charge in [0.05, 0.1) is 4.88 Å². The van der Waals surface area contributed by atoms with Gasteiger partial charge in [0.2, 0.25) is 5.82 Å². The van der Waals surface area contributed by atoms with Gasteiger partial charge in [-0.1, -0.05) is 11.2 Å². The summed E-state index contributed by atoms with van der Waals surface area (Å²) in [7, 11) is 0. The van der Waals surface area contributed by atoms with Crippen LogP contribution in [-0.4, -0.2) is 28.3 Å². The fourth-order valence-electron chi connectivity index (χ4n) is 1.99. The molecule has 0 saturated carbocycles. The number of thiophene rings is 1. The predicted octanol–water partition coefficient (Wildman–Crippen LogP) is 1.37. The van der Waals surface area contributed by atoms with E-state index in [1.165, 1.54) is 0 Å². The summed E-state index contributed by atoms with van der Waals surface area (Å²) in [5.41, 5.74) is -1.01. The highest BCUT2D eigenvalue weighted by atomic mass is 32.1. The maximum absolute atomic E-state index is 10.4. The number of aromatic nitrogens is 2. The lowest BCUT2D eigenvalue weighted by molar-refractivity contribution is -0.0167. The van der Waals surface area contributed by atoms with Crippen LogP contribution in [0.4, 0.5) is 0 Å². The molecule has 0 bridgehead atoms. The van der Waals surface area contributed by atoms with Crippen molar-refractivity contribution in [3.05, 3.63) is 23.4 Å². The van der Waals surface area contributed by atoms with Crippen LogP contribution in [0.2, 0.25) is 0 Å². The van der Waals surface area contributed by atoms with E-state index in [1.807, 2.05) is 17.5 Å². The van der Waals surface area contributed by atoms with Crippen LogP contribution in [0.25, 0.3) is 10.7 Å². The number of piperidine rings is 1. The smallest absolute Gasteiger partial charge is 0.260 e. The molecule has 0 radical (unpaired) electrons. The minimum absolute atomic E-state index is 0.313. The van der Waals surface area contributed by atoms with Gasteiger partial charge < -0.3 is 14.9 Å². The van der Waals surface area contributed by atoms with E-state index in [-0.39, 0.29) is 0 Å². The lowest BCUT2D eigenvalue weighted by Crippen LogP contribution is -2.43. The Labute approximate surface area is 102 Å². The first-order valence-electron chi connectivity index (χ1n) is 5.59. The minimum atomic E-state index is -1.01. The van der Waals surface area contributed by atoms with Gasteiger partial charge in [-0.05, 0) is 30.8 Å². The normalized spacial score (nSPS) is 25.0. The summed E-state index contributed by atoms with van der Waals surface area (Å²) in [4.78, 5) is 5.24. The molecule has 1 fully saturated rings. The molecule has 5 nitrogen and oxygen atoms in total. The molecule has 90 valence electrons. The molecular weight excluding hydrogens is 238 g/mol. The van der Waals surface area contributed by atoms with Gasteiger partial charge in [0, 0.05) is 6.54 Å². The summed E-state index contributed by atoms with van der Waals surface area (Å²) in [6.07, 6.45) is 1.57. The van der Waals surface area contributed by atoms with E-state index in [4.69, 9.17) is 4.52 Å². The van der Waals surface area contributed by atoms with Crippen LogP contribution in [0, 0.1) is 0 Å². The lowest BCUT2D eigenvalue weighted by atomic mass is 9.94. The molecule has 0 aromatic carbocycles. The minimum Gasteiger partial charge on any atom is -0.379 e. The Morgan fingerprint density at radius 3 is 3.18 bits per heavy atom. The zero-order valence-electron chi connectivity index (χ0n) is 9.22. The van der Waals surface area contributed by atoms with E-state index < -0.39 is 5.60 Å². The average Bonchev–Trinajstić information content (AvgIpc) is 3.01. The second-order valence-electron chi connectivity index (χ2n) is 4.21. The molecule has 1 saturated heterocycles. The van der Waals surface area contributed by atoms with Gasteiger partial charge in [-0.15, -0.1) is 11.3 Å². The molecule has 3 heterocycles. The van der Waals surface area contributed by atoms with Crippen molar-refractivity contribution in [3.8, 4) is 10.7 Å². The maximum Gasteiger partial charge on any atom is 0.260 e. The highest BCUT2D eigenvalue weighted by Gasteiger charge is 2.37. The van der Waals surface area contributed by atoms with Crippen LogP contribution in [0.15, 0.2) is 22.0 Å². The number of β-amino-alcohol motifs (C(OH)–C–C–N with tert-alkyl or cyclic N) is 1.